The van der Waals surface area contributed by atoms with E-state index >= 15 is 0 Å². The van der Waals surface area contributed by atoms with Crippen molar-refractivity contribution < 1.29 is 12.8 Å². The van der Waals surface area contributed by atoms with Gasteiger partial charge < -0.3 is 0 Å². The normalized spacial score (nSPS) is 12.7. The molecule has 1 rings (SSSR count). The number of aryl methyl sites for hydroxylation is 1. The van der Waals surface area contributed by atoms with Gasteiger partial charge in [0.2, 0.25) is 10.0 Å². The molecule has 0 spiro atoms. The molecule has 0 saturated carbocycles. The Kier molecular flexibility index (Phi) is 5.41. The minimum absolute atomic E-state index is 0.108. The van der Waals surface area contributed by atoms with Crippen LogP contribution in [0.15, 0.2) is 23.1 Å². The zero-order valence-electron chi connectivity index (χ0n) is 11.7. The third kappa shape index (κ3) is 5.50. The first-order valence-electron chi connectivity index (χ1n) is 6.01. The lowest BCUT2D eigenvalue weighted by molar-refractivity contribution is 0.582. The molecule has 3 nitrogen and oxygen atoms in total. The second-order valence-corrected chi connectivity index (χ2v) is 8.93. The van der Waals surface area contributed by atoms with E-state index in [-0.39, 0.29) is 9.64 Å². The molecule has 0 atom stereocenters. The van der Waals surface area contributed by atoms with Crippen molar-refractivity contribution in [3.8, 4) is 0 Å². The van der Waals surface area contributed by atoms with Crippen molar-refractivity contribution in [3.05, 3.63) is 29.6 Å². The molecule has 0 aromatic heterocycles. The zero-order valence-corrected chi connectivity index (χ0v) is 13.3. The minimum Gasteiger partial charge on any atom is -0.210 e. The van der Waals surface area contributed by atoms with Crippen molar-refractivity contribution in [2.75, 3.05) is 12.3 Å². The Morgan fingerprint density at radius 1 is 1.32 bits per heavy atom. The maximum absolute atomic E-state index is 13.0. The van der Waals surface area contributed by atoms with Gasteiger partial charge in [0, 0.05) is 17.0 Å². The fourth-order valence-corrected chi connectivity index (χ4v) is 3.73. The Balaban J connectivity index is 2.66. The van der Waals surface area contributed by atoms with Crippen LogP contribution in [0.4, 0.5) is 4.39 Å². The van der Waals surface area contributed by atoms with Crippen molar-refractivity contribution in [2.24, 2.45) is 0 Å². The van der Waals surface area contributed by atoms with Gasteiger partial charge in [0.15, 0.2) is 0 Å². The van der Waals surface area contributed by atoms with Gasteiger partial charge in [-0.3, -0.25) is 0 Å². The van der Waals surface area contributed by atoms with Gasteiger partial charge >= 0.3 is 0 Å². The van der Waals surface area contributed by atoms with Crippen molar-refractivity contribution >= 4 is 21.8 Å². The lowest BCUT2D eigenvalue weighted by atomic mass is 10.2. The highest BCUT2D eigenvalue weighted by Crippen LogP contribution is 2.22. The maximum atomic E-state index is 13.0. The van der Waals surface area contributed by atoms with Crippen molar-refractivity contribution in [1.29, 1.82) is 0 Å². The molecule has 0 amide bonds. The van der Waals surface area contributed by atoms with E-state index in [1.54, 1.807) is 18.7 Å². The van der Waals surface area contributed by atoms with Crippen LogP contribution in [0.1, 0.15) is 26.3 Å². The molecule has 19 heavy (non-hydrogen) atoms. The molecule has 0 radical (unpaired) electrons. The highest BCUT2D eigenvalue weighted by atomic mass is 32.2. The average molecular weight is 305 g/mol. The van der Waals surface area contributed by atoms with Gasteiger partial charge in [0.1, 0.15) is 5.82 Å². The third-order valence-electron chi connectivity index (χ3n) is 2.36. The summed E-state index contributed by atoms with van der Waals surface area (Å²) in [5.74, 6) is 0.267. The maximum Gasteiger partial charge on any atom is 0.240 e. The predicted molar refractivity (Wildman–Crippen MR) is 78.5 cm³/mol. The summed E-state index contributed by atoms with van der Waals surface area (Å²) in [6.45, 7) is 8.19. The molecule has 0 fully saturated rings. The van der Waals surface area contributed by atoms with Crippen LogP contribution in [-0.4, -0.2) is 25.5 Å². The first kappa shape index (κ1) is 16.5. The van der Waals surface area contributed by atoms with E-state index in [0.717, 1.165) is 6.07 Å². The SMILES string of the molecule is Cc1cc(F)ccc1S(=O)(=O)NCCSC(C)(C)C. The summed E-state index contributed by atoms with van der Waals surface area (Å²) in [4.78, 5) is 0.134. The summed E-state index contributed by atoms with van der Waals surface area (Å²) >= 11 is 1.69. The molecule has 0 bridgehead atoms. The lowest BCUT2D eigenvalue weighted by Crippen LogP contribution is -2.27. The molecule has 0 aliphatic rings. The number of rotatable bonds is 5. The quantitative estimate of drug-likeness (QED) is 0.851. The molecule has 0 saturated heterocycles. The molecule has 0 unspecified atom stereocenters. The van der Waals surface area contributed by atoms with E-state index in [2.05, 4.69) is 25.5 Å². The van der Waals surface area contributed by atoms with Crippen LogP contribution >= 0.6 is 11.8 Å². The molecule has 0 aliphatic heterocycles. The number of thioether (sulfide) groups is 1. The topological polar surface area (TPSA) is 46.2 Å². The van der Waals surface area contributed by atoms with Gasteiger partial charge in [-0.25, -0.2) is 17.5 Å². The Bertz CT molecular complexity index is 536. The standard InChI is InChI=1S/C13H20FNO2S2/c1-10-9-11(14)5-6-12(10)19(16,17)15-7-8-18-13(2,3)4/h5-6,9,15H,7-8H2,1-4H3. The van der Waals surface area contributed by atoms with E-state index in [0.29, 0.717) is 17.9 Å². The Morgan fingerprint density at radius 2 is 1.95 bits per heavy atom. The fraction of sp³-hybridized carbons (Fsp3) is 0.538. The number of benzene rings is 1. The van der Waals surface area contributed by atoms with Gasteiger partial charge in [-0.2, -0.15) is 11.8 Å². The van der Waals surface area contributed by atoms with Crippen LogP contribution in [0, 0.1) is 12.7 Å². The first-order chi connectivity index (χ1) is 8.62. The highest BCUT2D eigenvalue weighted by molar-refractivity contribution is 8.00. The van der Waals surface area contributed by atoms with Crippen LogP contribution in [0.5, 0.6) is 0 Å². The second-order valence-electron chi connectivity index (χ2n) is 5.27. The molecule has 0 aliphatic carbocycles. The molecule has 1 N–H and O–H groups in total. The van der Waals surface area contributed by atoms with Crippen LogP contribution in [0.2, 0.25) is 0 Å². The molecular weight excluding hydrogens is 285 g/mol. The van der Waals surface area contributed by atoms with Crippen LogP contribution in [0.3, 0.4) is 0 Å². The summed E-state index contributed by atoms with van der Waals surface area (Å²) in [5.41, 5.74) is 0.413. The Hall–Kier alpha value is -0.590. The highest BCUT2D eigenvalue weighted by Gasteiger charge is 2.17. The second kappa shape index (κ2) is 6.24. The van der Waals surface area contributed by atoms with Crippen LogP contribution in [0.25, 0.3) is 0 Å². The monoisotopic (exact) mass is 305 g/mol. The van der Waals surface area contributed by atoms with Gasteiger partial charge in [0.25, 0.3) is 0 Å². The van der Waals surface area contributed by atoms with E-state index in [1.807, 2.05) is 0 Å². The Labute approximate surface area is 119 Å². The molecule has 1 aromatic rings. The number of halogens is 1. The van der Waals surface area contributed by atoms with Gasteiger partial charge in [-0.15, -0.1) is 0 Å². The third-order valence-corrected chi connectivity index (χ3v) is 5.25. The number of nitrogens with one attached hydrogen (secondary N) is 1. The Morgan fingerprint density at radius 3 is 2.47 bits per heavy atom. The van der Waals surface area contributed by atoms with Crippen molar-refractivity contribution in [3.63, 3.8) is 0 Å². The van der Waals surface area contributed by atoms with E-state index in [9.17, 15) is 12.8 Å². The lowest BCUT2D eigenvalue weighted by Gasteiger charge is -2.17. The summed E-state index contributed by atoms with van der Waals surface area (Å²) in [6, 6.07) is 3.67. The summed E-state index contributed by atoms with van der Waals surface area (Å²) in [6.07, 6.45) is 0. The summed E-state index contributed by atoms with van der Waals surface area (Å²) < 4.78 is 39.7. The van der Waals surface area contributed by atoms with Gasteiger partial charge in [0.05, 0.1) is 4.90 Å². The molecule has 1 aromatic carbocycles. The van der Waals surface area contributed by atoms with Gasteiger partial charge in [-0.1, -0.05) is 20.8 Å². The largest absolute Gasteiger partial charge is 0.240 e. The van der Waals surface area contributed by atoms with E-state index in [1.165, 1.54) is 12.1 Å². The van der Waals surface area contributed by atoms with Crippen LogP contribution < -0.4 is 4.72 Å². The van der Waals surface area contributed by atoms with Crippen molar-refractivity contribution in [2.45, 2.75) is 37.3 Å². The zero-order chi connectivity index (χ0) is 14.7. The van der Waals surface area contributed by atoms with E-state index in [4.69, 9.17) is 0 Å². The summed E-state index contributed by atoms with van der Waals surface area (Å²) in [5, 5.41) is 0. The van der Waals surface area contributed by atoms with E-state index < -0.39 is 15.8 Å². The number of hydrogen-bond acceptors (Lipinski definition) is 3. The summed E-state index contributed by atoms with van der Waals surface area (Å²) in [7, 11) is -3.56. The molecular formula is C13H20FNO2S2. The fourth-order valence-electron chi connectivity index (χ4n) is 1.53. The number of sulfonamides is 1. The molecule has 6 heteroatoms. The van der Waals surface area contributed by atoms with Gasteiger partial charge in [-0.05, 0) is 30.7 Å². The van der Waals surface area contributed by atoms with Crippen molar-refractivity contribution in [1.82, 2.24) is 4.72 Å². The average Bonchev–Trinajstić information content (AvgIpc) is 2.22. The smallest absolute Gasteiger partial charge is 0.210 e. The molecule has 108 valence electrons. The molecule has 0 heterocycles. The predicted octanol–water partition coefficient (Wildman–Crippen LogP) is 2.94. The number of hydrogen-bond donors (Lipinski definition) is 1. The van der Waals surface area contributed by atoms with Crippen LogP contribution in [-0.2, 0) is 10.0 Å². The minimum atomic E-state index is -3.56. The first-order valence-corrected chi connectivity index (χ1v) is 8.48.